The Balaban J connectivity index is 1.97. The predicted molar refractivity (Wildman–Crippen MR) is 124 cm³/mol. The Hall–Kier alpha value is -3.97. The summed E-state index contributed by atoms with van der Waals surface area (Å²) < 4.78 is 10.5. The second kappa shape index (κ2) is 8.88. The minimum atomic E-state index is -0.999. The zero-order valence-electron chi connectivity index (χ0n) is 17.8. The molecule has 0 aliphatic carbocycles. The quantitative estimate of drug-likeness (QED) is 0.322. The number of ketones is 1. The second-order valence-corrected chi connectivity index (χ2v) is 7.72. The summed E-state index contributed by atoms with van der Waals surface area (Å²) in [5.74, 6) is -1.21. The van der Waals surface area contributed by atoms with Gasteiger partial charge in [0.2, 0.25) is 0 Å². The van der Waals surface area contributed by atoms with Crippen LogP contribution >= 0.6 is 11.6 Å². The molecule has 33 heavy (non-hydrogen) atoms. The number of anilines is 1. The van der Waals surface area contributed by atoms with E-state index in [2.05, 4.69) is 0 Å². The number of phenolic OH excluding ortho intramolecular Hbond substituents is 1. The molecule has 7 nitrogen and oxygen atoms in total. The molecule has 2 N–H and O–H groups in total. The molecule has 1 fully saturated rings. The van der Waals surface area contributed by atoms with Gasteiger partial charge in [-0.3, -0.25) is 14.5 Å². The van der Waals surface area contributed by atoms with Crippen molar-refractivity contribution in [1.29, 1.82) is 0 Å². The largest absolute Gasteiger partial charge is 0.507 e. The maximum atomic E-state index is 13.2. The van der Waals surface area contributed by atoms with Gasteiger partial charge in [-0.1, -0.05) is 35.9 Å². The molecular weight excluding hydrogens is 446 g/mol. The molecule has 168 valence electrons. The van der Waals surface area contributed by atoms with Gasteiger partial charge in [-0.15, -0.1) is 0 Å². The second-order valence-electron chi connectivity index (χ2n) is 7.31. The van der Waals surface area contributed by atoms with E-state index >= 15 is 0 Å². The van der Waals surface area contributed by atoms with Crippen LogP contribution in [0.15, 0.2) is 72.3 Å². The standard InChI is InChI=1S/C25H20ClNO6/c1-32-17-7-3-5-15(11-17)23(29)21-22(14-9-10-20(28)19(26)12-14)27(25(31)24(21)30)16-6-4-8-18(13-16)33-2/h3-13,22,28-29H,1-2H3/b23-21-. The Morgan fingerprint density at radius 2 is 1.61 bits per heavy atom. The van der Waals surface area contributed by atoms with Crippen LogP contribution in [-0.2, 0) is 9.59 Å². The van der Waals surface area contributed by atoms with E-state index in [9.17, 15) is 19.8 Å². The summed E-state index contributed by atoms with van der Waals surface area (Å²) in [5, 5.41) is 21.1. The lowest BCUT2D eigenvalue weighted by molar-refractivity contribution is -0.132. The first kappa shape index (κ1) is 22.2. The van der Waals surface area contributed by atoms with Crippen molar-refractivity contribution in [2.24, 2.45) is 0 Å². The predicted octanol–water partition coefficient (Wildman–Crippen LogP) is 4.69. The number of Topliss-reactive ketones (excluding diaryl/α,β-unsaturated/α-hetero) is 1. The van der Waals surface area contributed by atoms with Crippen molar-refractivity contribution in [3.05, 3.63) is 88.5 Å². The van der Waals surface area contributed by atoms with Crippen molar-refractivity contribution < 1.29 is 29.3 Å². The molecule has 1 aliphatic rings. The van der Waals surface area contributed by atoms with Crippen molar-refractivity contribution >= 4 is 34.7 Å². The van der Waals surface area contributed by atoms with E-state index in [-0.39, 0.29) is 22.1 Å². The van der Waals surface area contributed by atoms with Gasteiger partial charge in [0.15, 0.2) is 0 Å². The molecule has 4 rings (SSSR count). The lowest BCUT2D eigenvalue weighted by Gasteiger charge is -2.26. The molecule has 0 radical (unpaired) electrons. The molecule has 1 atom stereocenters. The van der Waals surface area contributed by atoms with Gasteiger partial charge in [-0.25, -0.2) is 0 Å². The van der Waals surface area contributed by atoms with E-state index in [0.29, 0.717) is 28.3 Å². The number of benzene rings is 3. The summed E-state index contributed by atoms with van der Waals surface area (Å²) >= 11 is 6.14. The van der Waals surface area contributed by atoms with Gasteiger partial charge < -0.3 is 19.7 Å². The topological polar surface area (TPSA) is 96.3 Å². The summed E-state index contributed by atoms with van der Waals surface area (Å²) in [7, 11) is 2.98. The zero-order valence-corrected chi connectivity index (χ0v) is 18.5. The first-order chi connectivity index (χ1) is 15.8. The van der Waals surface area contributed by atoms with Crippen molar-refractivity contribution in [3.63, 3.8) is 0 Å². The van der Waals surface area contributed by atoms with E-state index in [1.807, 2.05) is 0 Å². The summed E-state index contributed by atoms with van der Waals surface area (Å²) in [4.78, 5) is 27.7. The molecule has 3 aromatic rings. The van der Waals surface area contributed by atoms with Gasteiger partial charge in [0, 0.05) is 17.3 Å². The van der Waals surface area contributed by atoms with E-state index in [1.165, 1.54) is 31.3 Å². The molecule has 0 bridgehead atoms. The normalized spacial score (nSPS) is 17.3. The van der Waals surface area contributed by atoms with E-state index in [4.69, 9.17) is 21.1 Å². The molecule has 1 unspecified atom stereocenters. The van der Waals surface area contributed by atoms with Crippen LogP contribution in [0.1, 0.15) is 17.2 Å². The highest BCUT2D eigenvalue weighted by atomic mass is 35.5. The van der Waals surface area contributed by atoms with Crippen molar-refractivity contribution in [1.82, 2.24) is 0 Å². The maximum Gasteiger partial charge on any atom is 0.300 e. The molecule has 1 saturated heterocycles. The first-order valence-corrected chi connectivity index (χ1v) is 10.3. The fourth-order valence-corrected chi connectivity index (χ4v) is 3.98. The van der Waals surface area contributed by atoms with Crippen molar-refractivity contribution in [2.75, 3.05) is 19.1 Å². The Morgan fingerprint density at radius 3 is 2.27 bits per heavy atom. The number of hydrogen-bond donors (Lipinski definition) is 2. The third kappa shape index (κ3) is 3.99. The monoisotopic (exact) mass is 465 g/mol. The van der Waals surface area contributed by atoms with Crippen LogP contribution in [0.4, 0.5) is 5.69 Å². The fraction of sp³-hybridized carbons (Fsp3) is 0.120. The fourth-order valence-electron chi connectivity index (χ4n) is 3.79. The van der Waals surface area contributed by atoms with Crippen molar-refractivity contribution in [3.8, 4) is 17.2 Å². The minimum absolute atomic E-state index is 0.0464. The number of halogens is 1. The lowest BCUT2D eigenvalue weighted by Crippen LogP contribution is -2.29. The lowest BCUT2D eigenvalue weighted by atomic mass is 9.95. The molecule has 0 saturated carbocycles. The van der Waals surface area contributed by atoms with Crippen LogP contribution in [0, 0.1) is 0 Å². The Bertz CT molecular complexity index is 1290. The smallest absolute Gasteiger partial charge is 0.300 e. The SMILES string of the molecule is COc1cccc(/C(O)=C2/C(=O)C(=O)N(c3cccc(OC)c3)C2c2ccc(O)c(Cl)c2)c1. The number of amides is 1. The molecule has 1 amide bonds. The van der Waals surface area contributed by atoms with Gasteiger partial charge in [0.25, 0.3) is 11.7 Å². The van der Waals surface area contributed by atoms with Crippen LogP contribution in [0.25, 0.3) is 5.76 Å². The van der Waals surface area contributed by atoms with Crippen LogP contribution < -0.4 is 14.4 Å². The number of nitrogens with zero attached hydrogens (tertiary/aromatic N) is 1. The van der Waals surface area contributed by atoms with E-state index in [1.54, 1.807) is 54.6 Å². The molecule has 1 aliphatic heterocycles. The number of aliphatic hydroxyl groups excluding tert-OH is 1. The number of hydrogen-bond acceptors (Lipinski definition) is 6. The van der Waals surface area contributed by atoms with Gasteiger partial charge >= 0.3 is 0 Å². The number of phenols is 1. The summed E-state index contributed by atoms with van der Waals surface area (Å²) in [6.07, 6.45) is 0. The zero-order chi connectivity index (χ0) is 23.7. The van der Waals surface area contributed by atoms with E-state index < -0.39 is 17.7 Å². The Kier molecular flexibility index (Phi) is 5.98. The number of carbonyl (C=O) groups excluding carboxylic acids is 2. The molecule has 1 heterocycles. The number of aromatic hydroxyl groups is 1. The van der Waals surface area contributed by atoms with Gasteiger partial charge in [0.05, 0.1) is 30.9 Å². The average Bonchev–Trinajstić information content (AvgIpc) is 3.10. The third-order valence-electron chi connectivity index (χ3n) is 5.41. The molecule has 8 heteroatoms. The van der Waals surface area contributed by atoms with Gasteiger partial charge in [-0.2, -0.15) is 0 Å². The number of aliphatic hydroxyl groups is 1. The number of carbonyl (C=O) groups is 2. The highest BCUT2D eigenvalue weighted by molar-refractivity contribution is 6.51. The molecule has 3 aromatic carbocycles. The van der Waals surface area contributed by atoms with Gasteiger partial charge in [0.1, 0.15) is 23.0 Å². The molecule has 0 aromatic heterocycles. The average molecular weight is 466 g/mol. The summed E-state index contributed by atoms with van der Waals surface area (Å²) in [5.41, 5.74) is 1.03. The Morgan fingerprint density at radius 1 is 0.939 bits per heavy atom. The minimum Gasteiger partial charge on any atom is -0.507 e. The first-order valence-electron chi connectivity index (χ1n) is 9.93. The maximum absolute atomic E-state index is 13.2. The number of ether oxygens (including phenoxy) is 2. The number of rotatable bonds is 5. The summed E-state index contributed by atoms with van der Waals surface area (Å²) in [6.45, 7) is 0. The highest BCUT2D eigenvalue weighted by Crippen LogP contribution is 2.44. The highest BCUT2D eigenvalue weighted by Gasteiger charge is 2.47. The van der Waals surface area contributed by atoms with Crippen LogP contribution in [-0.4, -0.2) is 36.1 Å². The molecule has 0 spiro atoms. The summed E-state index contributed by atoms with van der Waals surface area (Å²) in [6, 6.07) is 16.6. The van der Waals surface area contributed by atoms with E-state index in [0.717, 1.165) is 0 Å². The molecular formula is C25H20ClNO6. The van der Waals surface area contributed by atoms with Crippen LogP contribution in [0.2, 0.25) is 5.02 Å². The Labute approximate surface area is 195 Å². The number of methoxy groups -OCH3 is 2. The van der Waals surface area contributed by atoms with Crippen LogP contribution in [0.3, 0.4) is 0 Å². The van der Waals surface area contributed by atoms with Crippen LogP contribution in [0.5, 0.6) is 17.2 Å². The third-order valence-corrected chi connectivity index (χ3v) is 5.71. The van der Waals surface area contributed by atoms with Gasteiger partial charge in [-0.05, 0) is 42.0 Å². The van der Waals surface area contributed by atoms with Crippen molar-refractivity contribution in [2.45, 2.75) is 6.04 Å².